The van der Waals surface area contributed by atoms with E-state index < -0.39 is 5.54 Å². The molecule has 1 aromatic heterocycles. The summed E-state index contributed by atoms with van der Waals surface area (Å²) < 4.78 is 1.60. The van der Waals surface area contributed by atoms with Gasteiger partial charge in [0.05, 0.1) is 22.7 Å². The Morgan fingerprint density at radius 2 is 2.21 bits per heavy atom. The lowest BCUT2D eigenvalue weighted by Gasteiger charge is -2.22. The van der Waals surface area contributed by atoms with Gasteiger partial charge in [-0.05, 0) is 49.8 Å². The average Bonchev–Trinajstić information content (AvgIpc) is 3.48. The van der Waals surface area contributed by atoms with Gasteiger partial charge in [0.2, 0.25) is 5.91 Å². The molecule has 0 saturated heterocycles. The Hall–Kier alpha value is -2.04. The van der Waals surface area contributed by atoms with Crippen LogP contribution in [-0.4, -0.2) is 26.8 Å². The summed E-state index contributed by atoms with van der Waals surface area (Å²) in [6.45, 7) is 6.30. The van der Waals surface area contributed by atoms with Crippen molar-refractivity contribution in [1.29, 1.82) is 5.26 Å². The Balaban J connectivity index is 1.85. The van der Waals surface area contributed by atoms with Crippen LogP contribution in [0.3, 0.4) is 0 Å². The molecule has 1 heterocycles. The lowest BCUT2D eigenvalue weighted by Crippen LogP contribution is -2.47. The van der Waals surface area contributed by atoms with Crippen molar-refractivity contribution >= 4 is 40.2 Å². The van der Waals surface area contributed by atoms with Gasteiger partial charge < -0.3 is 5.32 Å². The molecule has 1 aliphatic carbocycles. The fourth-order valence-corrected chi connectivity index (χ4v) is 4.13. The van der Waals surface area contributed by atoms with Crippen molar-refractivity contribution in [2.75, 3.05) is 5.75 Å². The summed E-state index contributed by atoms with van der Waals surface area (Å²) in [6, 6.07) is 7.25. The Labute approximate surface area is 173 Å². The van der Waals surface area contributed by atoms with E-state index in [1.165, 1.54) is 11.8 Å². The number of amides is 1. The first-order valence-electron chi connectivity index (χ1n) is 9.28. The normalized spacial score (nSPS) is 16.0. The largest absolute Gasteiger partial charge is 0.337 e. The Bertz CT molecular complexity index is 1010. The maximum Gasteiger partial charge on any atom is 0.262 e. The Morgan fingerprint density at radius 1 is 1.50 bits per heavy atom. The number of halogens is 1. The van der Waals surface area contributed by atoms with Crippen LogP contribution in [0.15, 0.2) is 28.2 Å². The quantitative estimate of drug-likeness (QED) is 0.548. The van der Waals surface area contributed by atoms with Gasteiger partial charge in [-0.25, -0.2) is 4.98 Å². The number of nitrogens with one attached hydrogen (secondary N) is 1. The molecule has 8 heteroatoms. The number of hydrogen-bond donors (Lipinski definition) is 1. The van der Waals surface area contributed by atoms with Gasteiger partial charge in [0.1, 0.15) is 5.54 Å². The topological polar surface area (TPSA) is 87.8 Å². The van der Waals surface area contributed by atoms with Crippen LogP contribution in [0, 0.1) is 23.2 Å². The SMILES string of the molecule is CC(C)Cn1c(SCC(=O)N[C@@](C)(C#N)C2CC2)nc2ccc(Cl)cc2c1=O. The molecule has 0 unspecified atom stereocenters. The van der Waals surface area contributed by atoms with E-state index >= 15 is 0 Å². The van der Waals surface area contributed by atoms with Crippen LogP contribution in [0.4, 0.5) is 0 Å². The van der Waals surface area contributed by atoms with Crippen molar-refractivity contribution in [3.63, 3.8) is 0 Å². The molecule has 1 N–H and O–H groups in total. The molecule has 0 aliphatic heterocycles. The molecule has 1 atom stereocenters. The molecular formula is C20H23ClN4O2S. The van der Waals surface area contributed by atoms with Gasteiger partial charge in [-0.15, -0.1) is 0 Å². The Kier molecular flexibility index (Phi) is 6.01. The molecule has 1 fully saturated rings. The summed E-state index contributed by atoms with van der Waals surface area (Å²) in [5, 5.41) is 13.7. The van der Waals surface area contributed by atoms with Gasteiger partial charge in [-0.3, -0.25) is 14.2 Å². The van der Waals surface area contributed by atoms with Crippen molar-refractivity contribution in [2.24, 2.45) is 11.8 Å². The van der Waals surface area contributed by atoms with Crippen LogP contribution < -0.4 is 10.9 Å². The van der Waals surface area contributed by atoms with E-state index in [-0.39, 0.29) is 29.1 Å². The van der Waals surface area contributed by atoms with Gasteiger partial charge in [0.15, 0.2) is 5.16 Å². The van der Waals surface area contributed by atoms with Gasteiger partial charge in [0.25, 0.3) is 5.56 Å². The lowest BCUT2D eigenvalue weighted by molar-refractivity contribution is -0.119. The monoisotopic (exact) mass is 418 g/mol. The molecule has 1 aromatic carbocycles. The van der Waals surface area contributed by atoms with Crippen molar-refractivity contribution in [1.82, 2.24) is 14.9 Å². The van der Waals surface area contributed by atoms with Crippen LogP contribution in [0.1, 0.15) is 33.6 Å². The summed E-state index contributed by atoms with van der Waals surface area (Å²) in [5.74, 6) is 0.311. The molecule has 0 bridgehead atoms. The van der Waals surface area contributed by atoms with E-state index in [0.717, 1.165) is 12.8 Å². The highest BCUT2D eigenvalue weighted by Gasteiger charge is 2.42. The molecule has 0 radical (unpaired) electrons. The number of benzene rings is 1. The standard InChI is InChI=1S/C20H23ClN4O2S/c1-12(2)9-25-18(27)15-8-14(21)6-7-16(15)23-19(25)28-10-17(26)24-20(3,11-22)13-4-5-13/h6-8,12-13H,4-5,9-10H2,1-3H3,(H,24,26)/t20-/m0/s1. The lowest BCUT2D eigenvalue weighted by atomic mass is 9.98. The van der Waals surface area contributed by atoms with Crippen LogP contribution in [0.2, 0.25) is 5.02 Å². The van der Waals surface area contributed by atoms with E-state index in [1.54, 1.807) is 29.7 Å². The Morgan fingerprint density at radius 3 is 2.82 bits per heavy atom. The van der Waals surface area contributed by atoms with Gasteiger partial charge in [0, 0.05) is 11.6 Å². The first-order chi connectivity index (χ1) is 13.2. The molecule has 148 valence electrons. The zero-order valence-corrected chi connectivity index (χ0v) is 17.7. The number of carbonyl (C=O) groups is 1. The predicted molar refractivity (Wildman–Crippen MR) is 111 cm³/mol. The number of fused-ring (bicyclic) bond motifs is 1. The number of rotatable bonds is 7. The molecule has 6 nitrogen and oxygen atoms in total. The van der Waals surface area contributed by atoms with E-state index in [1.807, 2.05) is 13.8 Å². The third-order valence-corrected chi connectivity index (χ3v) is 6.00. The van der Waals surface area contributed by atoms with E-state index in [2.05, 4.69) is 16.4 Å². The molecular weight excluding hydrogens is 396 g/mol. The maximum atomic E-state index is 13.0. The number of nitriles is 1. The summed E-state index contributed by atoms with van der Waals surface area (Å²) in [6.07, 6.45) is 1.92. The zero-order valence-electron chi connectivity index (χ0n) is 16.2. The highest BCUT2D eigenvalue weighted by molar-refractivity contribution is 7.99. The minimum Gasteiger partial charge on any atom is -0.337 e. The number of carbonyl (C=O) groups excluding carboxylic acids is 1. The molecule has 2 aromatic rings. The van der Waals surface area contributed by atoms with Crippen LogP contribution in [0.5, 0.6) is 0 Å². The summed E-state index contributed by atoms with van der Waals surface area (Å²) in [5.41, 5.74) is -0.441. The van der Waals surface area contributed by atoms with Crippen LogP contribution in [-0.2, 0) is 11.3 Å². The summed E-state index contributed by atoms with van der Waals surface area (Å²) in [7, 11) is 0. The van der Waals surface area contributed by atoms with Crippen molar-refractivity contribution in [3.8, 4) is 6.07 Å². The predicted octanol–water partition coefficient (Wildman–Crippen LogP) is 3.61. The average molecular weight is 419 g/mol. The number of thioether (sulfide) groups is 1. The molecule has 1 amide bonds. The summed E-state index contributed by atoms with van der Waals surface area (Å²) in [4.78, 5) is 30.0. The van der Waals surface area contributed by atoms with Crippen LogP contribution in [0.25, 0.3) is 10.9 Å². The van der Waals surface area contributed by atoms with Gasteiger partial charge in [-0.2, -0.15) is 5.26 Å². The molecule has 0 spiro atoms. The third-order valence-electron chi connectivity index (χ3n) is 4.79. The van der Waals surface area contributed by atoms with E-state index in [9.17, 15) is 14.9 Å². The van der Waals surface area contributed by atoms with Crippen molar-refractivity contribution in [2.45, 2.75) is 50.9 Å². The zero-order chi connectivity index (χ0) is 20.5. The third kappa shape index (κ3) is 4.50. The minimum atomic E-state index is -0.831. The number of aromatic nitrogens is 2. The first-order valence-corrected chi connectivity index (χ1v) is 10.6. The highest BCUT2D eigenvalue weighted by atomic mass is 35.5. The van der Waals surface area contributed by atoms with Crippen molar-refractivity contribution < 1.29 is 4.79 Å². The molecule has 3 rings (SSSR count). The van der Waals surface area contributed by atoms with Crippen molar-refractivity contribution in [3.05, 3.63) is 33.6 Å². The van der Waals surface area contributed by atoms with Gasteiger partial charge >= 0.3 is 0 Å². The molecule has 1 aliphatic rings. The number of nitrogens with zero attached hydrogens (tertiary/aromatic N) is 3. The second kappa shape index (κ2) is 8.14. The molecule has 1 saturated carbocycles. The minimum absolute atomic E-state index is 0.0909. The fraction of sp³-hybridized carbons (Fsp3) is 0.500. The molecule has 28 heavy (non-hydrogen) atoms. The second-order valence-corrected chi connectivity index (χ2v) is 9.17. The van der Waals surface area contributed by atoms with E-state index in [4.69, 9.17) is 11.6 Å². The fourth-order valence-electron chi connectivity index (χ4n) is 3.15. The maximum absolute atomic E-state index is 13.0. The number of hydrogen-bond acceptors (Lipinski definition) is 5. The first kappa shape index (κ1) is 20.7. The van der Waals surface area contributed by atoms with Gasteiger partial charge in [-0.1, -0.05) is 37.2 Å². The smallest absolute Gasteiger partial charge is 0.262 e. The second-order valence-electron chi connectivity index (χ2n) is 7.79. The van der Waals surface area contributed by atoms with E-state index in [0.29, 0.717) is 27.6 Å². The van der Waals surface area contributed by atoms with Crippen LogP contribution >= 0.6 is 23.4 Å². The highest BCUT2D eigenvalue weighted by Crippen LogP contribution is 2.39. The summed E-state index contributed by atoms with van der Waals surface area (Å²) >= 11 is 7.25.